The number of hydrogen-bond acceptors (Lipinski definition) is 6. The highest BCUT2D eigenvalue weighted by Crippen LogP contribution is 2.30. The molecule has 0 aliphatic heterocycles. The van der Waals surface area contributed by atoms with Crippen molar-refractivity contribution >= 4 is 23.1 Å². The van der Waals surface area contributed by atoms with Gasteiger partial charge in [-0.05, 0) is 18.1 Å². The number of rotatable bonds is 5. The van der Waals surface area contributed by atoms with Gasteiger partial charge in [-0.2, -0.15) is 0 Å². The topological polar surface area (TPSA) is 120 Å². The molecule has 3 N–H and O–H groups in total. The van der Waals surface area contributed by atoms with Crippen LogP contribution >= 0.6 is 11.3 Å². The fourth-order valence-corrected chi connectivity index (χ4v) is 3.68. The molecule has 0 atom stereocenters. The molecule has 0 aliphatic carbocycles. The smallest absolute Gasteiger partial charge is 0.335 e. The van der Waals surface area contributed by atoms with Crippen molar-refractivity contribution in [2.24, 2.45) is 13.0 Å². The number of aromatic nitrogens is 3. The highest BCUT2D eigenvalue weighted by atomic mass is 32.1. The number of nitrogens with zero attached hydrogens (tertiary/aromatic N) is 3. The van der Waals surface area contributed by atoms with Crippen molar-refractivity contribution in [3.63, 3.8) is 0 Å². The van der Waals surface area contributed by atoms with Gasteiger partial charge in [0, 0.05) is 24.5 Å². The third kappa shape index (κ3) is 3.48. The summed E-state index contributed by atoms with van der Waals surface area (Å²) in [7, 11) is 1.41. The van der Waals surface area contributed by atoms with Gasteiger partial charge in [0.15, 0.2) is 0 Å². The Kier molecular flexibility index (Phi) is 5.19. The molecule has 0 spiro atoms. The molecule has 9 heteroatoms. The molecule has 28 heavy (non-hydrogen) atoms. The van der Waals surface area contributed by atoms with Crippen LogP contribution in [-0.4, -0.2) is 25.2 Å². The monoisotopic (exact) mass is 400 g/mol. The van der Waals surface area contributed by atoms with E-state index < -0.39 is 17.2 Å². The van der Waals surface area contributed by atoms with Crippen molar-refractivity contribution < 1.29 is 9.90 Å². The van der Waals surface area contributed by atoms with Gasteiger partial charge in [-0.3, -0.25) is 13.9 Å². The third-order valence-electron chi connectivity index (χ3n) is 4.25. The van der Waals surface area contributed by atoms with Gasteiger partial charge in [-0.1, -0.05) is 26.0 Å². The Morgan fingerprint density at radius 2 is 2.04 bits per heavy atom. The molecule has 0 aliphatic rings. The van der Waals surface area contributed by atoms with Crippen LogP contribution in [-0.2, 0) is 13.6 Å². The quantitative estimate of drug-likeness (QED) is 0.678. The second kappa shape index (κ2) is 7.43. The number of carbonyl (C=O) groups is 1. The number of benzene rings is 1. The molecule has 146 valence electrons. The maximum Gasteiger partial charge on any atom is 0.335 e. The van der Waals surface area contributed by atoms with Gasteiger partial charge in [0.25, 0.3) is 5.56 Å². The summed E-state index contributed by atoms with van der Waals surface area (Å²) in [5.74, 6) is -0.787. The lowest BCUT2D eigenvalue weighted by Gasteiger charge is -2.15. The third-order valence-corrected chi connectivity index (χ3v) is 5.14. The van der Waals surface area contributed by atoms with Crippen molar-refractivity contribution in [3.8, 4) is 21.8 Å². The van der Waals surface area contributed by atoms with Gasteiger partial charge in [0.05, 0.1) is 11.3 Å². The zero-order valence-electron chi connectivity index (χ0n) is 15.7. The SMILES string of the molecule is CC(C)Cn1c(N)c(-c2csc(-c3cccc(C(=O)O)c3)n2)c(=O)n(C)c1=O. The number of anilines is 1. The Balaban J connectivity index is 2.15. The Morgan fingerprint density at radius 1 is 1.32 bits per heavy atom. The summed E-state index contributed by atoms with van der Waals surface area (Å²) in [4.78, 5) is 40.8. The Bertz CT molecular complexity index is 1170. The van der Waals surface area contributed by atoms with Gasteiger partial charge in [-0.25, -0.2) is 14.6 Å². The molecule has 0 saturated carbocycles. The lowest BCUT2D eigenvalue weighted by molar-refractivity contribution is 0.0697. The van der Waals surface area contributed by atoms with E-state index in [-0.39, 0.29) is 22.9 Å². The standard InChI is InChI=1S/C19H20N4O4S/c1-10(2)8-23-15(20)14(17(24)22(3)19(23)27)13-9-28-16(21-13)11-5-4-6-12(7-11)18(25)26/h4-7,9-10H,8,20H2,1-3H3,(H,25,26). The number of nitrogen functional groups attached to an aromatic ring is 1. The number of aromatic carboxylic acids is 1. The molecule has 3 aromatic rings. The molecule has 8 nitrogen and oxygen atoms in total. The van der Waals surface area contributed by atoms with Crippen LogP contribution in [0.3, 0.4) is 0 Å². The van der Waals surface area contributed by atoms with E-state index in [4.69, 9.17) is 10.8 Å². The highest BCUT2D eigenvalue weighted by Gasteiger charge is 2.20. The van der Waals surface area contributed by atoms with Gasteiger partial charge >= 0.3 is 11.7 Å². The summed E-state index contributed by atoms with van der Waals surface area (Å²) in [6.45, 7) is 4.28. The molecule has 2 aromatic heterocycles. The van der Waals surface area contributed by atoms with Gasteiger partial charge in [0.1, 0.15) is 16.4 Å². The van der Waals surface area contributed by atoms with E-state index in [2.05, 4.69) is 4.98 Å². The summed E-state index contributed by atoms with van der Waals surface area (Å²) < 4.78 is 2.41. The first kappa shape index (κ1) is 19.6. The molecule has 0 fully saturated rings. The Labute approximate surface area is 164 Å². The van der Waals surface area contributed by atoms with Crippen molar-refractivity contribution in [2.75, 3.05) is 5.73 Å². The molecule has 0 unspecified atom stereocenters. The van der Waals surface area contributed by atoms with Crippen LogP contribution in [0.5, 0.6) is 0 Å². The fourth-order valence-electron chi connectivity index (χ4n) is 2.87. The lowest BCUT2D eigenvalue weighted by atomic mass is 10.1. The first-order valence-electron chi connectivity index (χ1n) is 8.59. The summed E-state index contributed by atoms with van der Waals surface area (Å²) in [6, 6.07) is 6.40. The summed E-state index contributed by atoms with van der Waals surface area (Å²) >= 11 is 1.27. The molecular weight excluding hydrogens is 380 g/mol. The van der Waals surface area contributed by atoms with Crippen LogP contribution in [0.2, 0.25) is 0 Å². The van der Waals surface area contributed by atoms with Gasteiger partial charge in [0.2, 0.25) is 0 Å². The Hall–Kier alpha value is -3.20. The number of carboxylic acid groups (broad SMARTS) is 1. The van der Waals surface area contributed by atoms with Crippen LogP contribution < -0.4 is 17.0 Å². The molecule has 2 heterocycles. The lowest BCUT2D eigenvalue weighted by Crippen LogP contribution is -2.41. The van der Waals surface area contributed by atoms with E-state index in [1.165, 1.54) is 35.1 Å². The van der Waals surface area contributed by atoms with Crippen molar-refractivity contribution in [1.82, 2.24) is 14.1 Å². The number of hydrogen-bond donors (Lipinski definition) is 2. The predicted molar refractivity (Wildman–Crippen MR) is 109 cm³/mol. The van der Waals surface area contributed by atoms with Gasteiger partial charge in [-0.15, -0.1) is 11.3 Å². The van der Waals surface area contributed by atoms with Crippen LogP contribution in [0.25, 0.3) is 21.8 Å². The average Bonchev–Trinajstić information content (AvgIpc) is 3.13. The van der Waals surface area contributed by atoms with E-state index in [9.17, 15) is 14.4 Å². The van der Waals surface area contributed by atoms with Crippen molar-refractivity contribution in [3.05, 3.63) is 56.0 Å². The maximum atomic E-state index is 12.7. The predicted octanol–water partition coefficient (Wildman–Crippen LogP) is 2.27. The average molecular weight is 400 g/mol. The van der Waals surface area contributed by atoms with Crippen molar-refractivity contribution in [1.29, 1.82) is 0 Å². The molecule has 0 bridgehead atoms. The number of carboxylic acids is 1. The maximum absolute atomic E-state index is 12.7. The molecule has 0 amide bonds. The molecule has 0 saturated heterocycles. The second-order valence-corrected chi connectivity index (χ2v) is 7.69. The van der Waals surface area contributed by atoms with Crippen LogP contribution in [0.15, 0.2) is 39.2 Å². The second-order valence-electron chi connectivity index (χ2n) is 6.84. The minimum atomic E-state index is -1.03. The van der Waals surface area contributed by atoms with Crippen LogP contribution in [0, 0.1) is 5.92 Å². The molecular formula is C19H20N4O4S. The largest absolute Gasteiger partial charge is 0.478 e. The van der Waals surface area contributed by atoms with Crippen molar-refractivity contribution in [2.45, 2.75) is 20.4 Å². The first-order chi connectivity index (χ1) is 13.2. The summed E-state index contributed by atoms with van der Waals surface area (Å²) in [5.41, 5.74) is 6.50. The van der Waals surface area contributed by atoms with E-state index in [0.29, 0.717) is 22.8 Å². The minimum absolute atomic E-state index is 0.0814. The fraction of sp³-hybridized carbons (Fsp3) is 0.263. The first-order valence-corrected chi connectivity index (χ1v) is 9.47. The van der Waals surface area contributed by atoms with E-state index >= 15 is 0 Å². The summed E-state index contributed by atoms with van der Waals surface area (Å²) in [6.07, 6.45) is 0. The van der Waals surface area contributed by atoms with Crippen LogP contribution in [0.4, 0.5) is 5.82 Å². The zero-order valence-corrected chi connectivity index (χ0v) is 16.5. The zero-order chi connectivity index (χ0) is 20.6. The Morgan fingerprint density at radius 3 is 2.68 bits per heavy atom. The molecule has 3 rings (SSSR count). The normalized spacial score (nSPS) is 11.1. The van der Waals surface area contributed by atoms with E-state index in [1.807, 2.05) is 13.8 Å². The van der Waals surface area contributed by atoms with Gasteiger partial charge < -0.3 is 10.8 Å². The number of nitrogens with two attached hydrogens (primary N) is 1. The minimum Gasteiger partial charge on any atom is -0.478 e. The molecule has 0 radical (unpaired) electrons. The van der Waals surface area contributed by atoms with E-state index in [1.54, 1.807) is 17.5 Å². The number of thiazole rings is 1. The summed E-state index contributed by atoms with van der Waals surface area (Å²) in [5, 5.41) is 11.4. The van der Waals surface area contributed by atoms with E-state index in [0.717, 1.165) is 4.57 Å². The highest BCUT2D eigenvalue weighted by molar-refractivity contribution is 7.13. The van der Waals surface area contributed by atoms with Crippen LogP contribution in [0.1, 0.15) is 24.2 Å². The molecule has 1 aromatic carbocycles.